The zero-order valence-corrected chi connectivity index (χ0v) is 14.6. The van der Waals surface area contributed by atoms with Crippen molar-refractivity contribution in [1.29, 1.82) is 0 Å². The monoisotopic (exact) mass is 399 g/mol. The van der Waals surface area contributed by atoms with Crippen molar-refractivity contribution in [2.24, 2.45) is 0 Å². The van der Waals surface area contributed by atoms with Crippen LogP contribution >= 0.6 is 31.9 Å². The van der Waals surface area contributed by atoms with Gasteiger partial charge < -0.3 is 5.32 Å². The third-order valence-corrected chi connectivity index (χ3v) is 4.26. The molecule has 0 bridgehead atoms. The van der Waals surface area contributed by atoms with Crippen molar-refractivity contribution < 1.29 is 4.39 Å². The van der Waals surface area contributed by atoms with Crippen LogP contribution < -0.4 is 5.32 Å². The lowest BCUT2D eigenvalue weighted by Crippen LogP contribution is -2.18. The molecule has 1 atom stereocenters. The second-order valence-electron chi connectivity index (χ2n) is 4.96. The minimum Gasteiger partial charge on any atom is -0.382 e. The second-order valence-corrected chi connectivity index (χ2v) is 6.73. The number of halogens is 3. The maximum atomic E-state index is 13.6. The zero-order valence-electron chi connectivity index (χ0n) is 11.4. The molecule has 1 unspecified atom stereocenters. The van der Waals surface area contributed by atoms with Crippen molar-refractivity contribution in [1.82, 2.24) is 0 Å². The van der Waals surface area contributed by atoms with Gasteiger partial charge in [-0.15, -0.1) is 0 Å². The molecule has 0 spiro atoms. The molecule has 0 aliphatic rings. The lowest BCUT2D eigenvalue weighted by molar-refractivity contribution is 0.620. The summed E-state index contributed by atoms with van der Waals surface area (Å²) in [6.45, 7) is 4.07. The Labute approximate surface area is 135 Å². The molecule has 0 aliphatic carbocycles. The molecule has 0 heterocycles. The predicted octanol–water partition coefficient (Wildman–Crippen LogP) is 5.70. The fraction of sp³-hybridized carbons (Fsp3) is 0.250. The maximum Gasteiger partial charge on any atom is 0.139 e. The Morgan fingerprint density at radius 3 is 2.45 bits per heavy atom. The van der Waals surface area contributed by atoms with Crippen molar-refractivity contribution in [3.05, 3.63) is 62.3 Å². The van der Waals surface area contributed by atoms with Crippen molar-refractivity contribution in [3.8, 4) is 0 Å². The summed E-state index contributed by atoms with van der Waals surface area (Å²) in [5.74, 6) is -0.242. The molecule has 4 heteroatoms. The van der Waals surface area contributed by atoms with Crippen LogP contribution in [0.1, 0.15) is 18.1 Å². The van der Waals surface area contributed by atoms with Crippen molar-refractivity contribution in [2.45, 2.75) is 26.3 Å². The number of aryl methyl sites for hydroxylation is 1. The Balaban J connectivity index is 2.06. The van der Waals surface area contributed by atoms with Crippen LogP contribution in [0.15, 0.2) is 45.3 Å². The van der Waals surface area contributed by atoms with Crippen molar-refractivity contribution >= 4 is 37.5 Å². The van der Waals surface area contributed by atoms with Crippen LogP contribution in [0, 0.1) is 12.7 Å². The number of hydrogen-bond donors (Lipinski definition) is 1. The molecule has 2 rings (SSSR count). The molecule has 0 aliphatic heterocycles. The molecule has 2 aromatic rings. The van der Waals surface area contributed by atoms with Gasteiger partial charge in [0, 0.05) is 16.2 Å². The lowest BCUT2D eigenvalue weighted by atomic mass is 10.1. The van der Waals surface area contributed by atoms with Crippen LogP contribution in [0.5, 0.6) is 0 Å². The fourth-order valence-corrected chi connectivity index (χ4v) is 2.81. The van der Waals surface area contributed by atoms with Crippen LogP contribution in [0.4, 0.5) is 10.1 Å². The molecule has 0 amide bonds. The molecule has 1 N–H and O–H groups in total. The molecule has 2 aromatic carbocycles. The number of hydrogen-bond acceptors (Lipinski definition) is 1. The summed E-state index contributed by atoms with van der Waals surface area (Å²) < 4.78 is 15.2. The lowest BCUT2D eigenvalue weighted by Gasteiger charge is -2.17. The van der Waals surface area contributed by atoms with Gasteiger partial charge in [-0.2, -0.15) is 0 Å². The van der Waals surface area contributed by atoms with Crippen LogP contribution in [-0.4, -0.2) is 6.04 Å². The summed E-state index contributed by atoms with van der Waals surface area (Å²) in [4.78, 5) is 0. The highest BCUT2D eigenvalue weighted by Gasteiger charge is 2.09. The number of nitrogens with one attached hydrogen (secondary N) is 1. The quantitative estimate of drug-likeness (QED) is 0.693. The predicted molar refractivity (Wildman–Crippen MR) is 89.8 cm³/mol. The molecule has 0 saturated carbocycles. The number of benzene rings is 2. The third kappa shape index (κ3) is 4.06. The van der Waals surface area contributed by atoms with E-state index in [1.165, 1.54) is 11.6 Å². The van der Waals surface area contributed by atoms with E-state index in [1.807, 2.05) is 19.1 Å². The van der Waals surface area contributed by atoms with Gasteiger partial charge in [-0.1, -0.05) is 28.1 Å². The normalized spacial score (nSPS) is 12.2. The van der Waals surface area contributed by atoms with Gasteiger partial charge in [0.25, 0.3) is 0 Å². The maximum absolute atomic E-state index is 13.6. The van der Waals surface area contributed by atoms with E-state index >= 15 is 0 Å². The largest absolute Gasteiger partial charge is 0.382 e. The van der Waals surface area contributed by atoms with Gasteiger partial charge in [0.2, 0.25) is 0 Å². The summed E-state index contributed by atoms with van der Waals surface area (Å²) in [6.07, 6.45) is 0.893. The van der Waals surface area contributed by atoms with Gasteiger partial charge >= 0.3 is 0 Å². The van der Waals surface area contributed by atoms with E-state index < -0.39 is 0 Å². The molecule has 0 aromatic heterocycles. The first kappa shape index (κ1) is 15.5. The Bertz CT molecular complexity index is 596. The van der Waals surface area contributed by atoms with Crippen molar-refractivity contribution in [3.63, 3.8) is 0 Å². The Morgan fingerprint density at radius 2 is 1.80 bits per heavy atom. The van der Waals surface area contributed by atoms with Crippen molar-refractivity contribution in [2.75, 3.05) is 5.32 Å². The topological polar surface area (TPSA) is 12.0 Å². The third-order valence-electron chi connectivity index (χ3n) is 3.12. The first-order valence-electron chi connectivity index (χ1n) is 6.42. The highest BCUT2D eigenvalue weighted by Crippen LogP contribution is 2.25. The Kier molecular flexibility index (Phi) is 5.22. The second kappa shape index (κ2) is 6.72. The summed E-state index contributed by atoms with van der Waals surface area (Å²) in [5.41, 5.74) is 3.12. The first-order chi connectivity index (χ1) is 9.45. The van der Waals surface area contributed by atoms with E-state index in [0.29, 0.717) is 4.47 Å². The first-order valence-corrected chi connectivity index (χ1v) is 8.01. The van der Waals surface area contributed by atoms with E-state index in [4.69, 9.17) is 0 Å². The summed E-state index contributed by atoms with van der Waals surface area (Å²) in [5, 5.41) is 3.37. The van der Waals surface area contributed by atoms with Gasteiger partial charge in [0.15, 0.2) is 0 Å². The smallest absolute Gasteiger partial charge is 0.139 e. The molecule has 0 saturated heterocycles. The van der Waals surface area contributed by atoms with E-state index in [1.54, 1.807) is 6.07 Å². The summed E-state index contributed by atoms with van der Waals surface area (Å²) in [6, 6.07) is 11.8. The fourth-order valence-electron chi connectivity index (χ4n) is 2.09. The summed E-state index contributed by atoms with van der Waals surface area (Å²) >= 11 is 6.63. The minimum atomic E-state index is -0.242. The molecule has 0 fully saturated rings. The van der Waals surface area contributed by atoms with Crippen LogP contribution in [0.3, 0.4) is 0 Å². The molecule has 0 radical (unpaired) electrons. The molecular weight excluding hydrogens is 385 g/mol. The van der Waals surface area contributed by atoms with Crippen LogP contribution in [-0.2, 0) is 6.42 Å². The van der Waals surface area contributed by atoms with Crippen LogP contribution in [0.2, 0.25) is 0 Å². The van der Waals surface area contributed by atoms with Crippen LogP contribution in [0.25, 0.3) is 0 Å². The van der Waals surface area contributed by atoms with Gasteiger partial charge in [0.1, 0.15) is 5.82 Å². The minimum absolute atomic E-state index is 0.232. The van der Waals surface area contributed by atoms with E-state index in [2.05, 4.69) is 56.2 Å². The Morgan fingerprint density at radius 1 is 1.15 bits per heavy atom. The average Bonchev–Trinajstić information content (AvgIpc) is 2.39. The number of anilines is 1. The highest BCUT2D eigenvalue weighted by molar-refractivity contribution is 9.10. The standard InChI is InChI=1S/C16H16Br2FN/c1-10-7-14(18)15(19)9-16(10)20-11(2)8-12-3-5-13(17)6-4-12/h3-7,9,11,20H,8H2,1-2H3. The van der Waals surface area contributed by atoms with E-state index in [0.717, 1.165) is 22.1 Å². The highest BCUT2D eigenvalue weighted by atomic mass is 79.9. The molecule has 106 valence electrons. The molecular formula is C16H16Br2FN. The SMILES string of the molecule is Cc1cc(Br)c(F)cc1NC(C)Cc1ccc(Br)cc1. The summed E-state index contributed by atoms with van der Waals surface area (Å²) in [7, 11) is 0. The van der Waals surface area contributed by atoms with Gasteiger partial charge in [-0.05, 0) is 71.6 Å². The zero-order chi connectivity index (χ0) is 14.7. The molecule has 1 nitrogen and oxygen atoms in total. The van der Waals surface area contributed by atoms with E-state index in [9.17, 15) is 4.39 Å². The Hall–Kier alpha value is -0.870. The number of rotatable bonds is 4. The average molecular weight is 401 g/mol. The van der Waals surface area contributed by atoms with Gasteiger partial charge in [-0.25, -0.2) is 4.39 Å². The van der Waals surface area contributed by atoms with E-state index in [-0.39, 0.29) is 11.9 Å². The van der Waals surface area contributed by atoms with Gasteiger partial charge in [-0.3, -0.25) is 0 Å². The van der Waals surface area contributed by atoms with Gasteiger partial charge in [0.05, 0.1) is 4.47 Å². The molecule has 20 heavy (non-hydrogen) atoms.